The minimum Gasteiger partial charge on any atom is -0.465 e. The van der Waals surface area contributed by atoms with Crippen LogP contribution >= 0.6 is 0 Å². The molecule has 0 spiro atoms. The Morgan fingerprint density at radius 3 is 2.50 bits per heavy atom. The SMILES string of the molecule is COC(=O)c1cc2c(cc1N)CCN(C(=O)OC(C)(C)C)C2. The summed E-state index contributed by atoms with van der Waals surface area (Å²) in [5.41, 5.74) is 8.03. The Labute approximate surface area is 130 Å². The van der Waals surface area contributed by atoms with Crippen LogP contribution in [-0.2, 0) is 22.4 Å². The lowest BCUT2D eigenvalue weighted by Gasteiger charge is -2.31. The summed E-state index contributed by atoms with van der Waals surface area (Å²) in [6, 6.07) is 3.49. The molecule has 2 rings (SSSR count). The molecule has 6 heteroatoms. The number of anilines is 1. The smallest absolute Gasteiger partial charge is 0.410 e. The Kier molecular flexibility index (Phi) is 4.30. The molecule has 1 aliphatic heterocycles. The highest BCUT2D eigenvalue weighted by atomic mass is 16.6. The van der Waals surface area contributed by atoms with Gasteiger partial charge in [-0.2, -0.15) is 0 Å². The molecule has 0 saturated carbocycles. The molecule has 22 heavy (non-hydrogen) atoms. The third kappa shape index (κ3) is 3.50. The van der Waals surface area contributed by atoms with E-state index < -0.39 is 11.6 Å². The number of hydrogen-bond acceptors (Lipinski definition) is 5. The lowest BCUT2D eigenvalue weighted by Crippen LogP contribution is -2.40. The van der Waals surface area contributed by atoms with E-state index in [1.165, 1.54) is 7.11 Å². The summed E-state index contributed by atoms with van der Waals surface area (Å²) in [6.45, 7) is 6.46. The summed E-state index contributed by atoms with van der Waals surface area (Å²) < 4.78 is 10.1. The molecule has 0 atom stereocenters. The summed E-state index contributed by atoms with van der Waals surface area (Å²) in [6.07, 6.45) is 0.329. The van der Waals surface area contributed by atoms with E-state index in [4.69, 9.17) is 15.2 Å². The maximum absolute atomic E-state index is 12.2. The van der Waals surface area contributed by atoms with E-state index in [0.717, 1.165) is 11.1 Å². The van der Waals surface area contributed by atoms with Gasteiger partial charge in [-0.1, -0.05) is 0 Å². The van der Waals surface area contributed by atoms with Gasteiger partial charge in [0.1, 0.15) is 5.60 Å². The highest BCUT2D eigenvalue weighted by Crippen LogP contribution is 2.26. The minimum absolute atomic E-state index is 0.326. The van der Waals surface area contributed by atoms with Crippen molar-refractivity contribution in [2.75, 3.05) is 19.4 Å². The number of nitrogen functional groups attached to an aromatic ring is 1. The molecule has 0 aromatic heterocycles. The van der Waals surface area contributed by atoms with E-state index in [1.807, 2.05) is 20.8 Å². The van der Waals surface area contributed by atoms with E-state index in [2.05, 4.69) is 0 Å². The largest absolute Gasteiger partial charge is 0.465 e. The zero-order valence-corrected chi connectivity index (χ0v) is 13.4. The van der Waals surface area contributed by atoms with Crippen LogP contribution in [0.2, 0.25) is 0 Å². The molecule has 6 nitrogen and oxygen atoms in total. The van der Waals surface area contributed by atoms with Gasteiger partial charge in [0.15, 0.2) is 0 Å². The van der Waals surface area contributed by atoms with Crippen LogP contribution in [0.4, 0.5) is 10.5 Å². The number of hydrogen-bond donors (Lipinski definition) is 1. The molecule has 0 fully saturated rings. The molecule has 1 aromatic rings. The van der Waals surface area contributed by atoms with Crippen LogP contribution in [0.1, 0.15) is 42.3 Å². The van der Waals surface area contributed by atoms with Crippen molar-refractivity contribution in [3.05, 3.63) is 28.8 Å². The highest BCUT2D eigenvalue weighted by Gasteiger charge is 2.27. The number of carbonyl (C=O) groups is 2. The van der Waals surface area contributed by atoms with E-state index in [1.54, 1.807) is 17.0 Å². The van der Waals surface area contributed by atoms with E-state index >= 15 is 0 Å². The minimum atomic E-state index is -0.532. The molecule has 0 aliphatic carbocycles. The quantitative estimate of drug-likeness (QED) is 0.636. The van der Waals surface area contributed by atoms with Gasteiger partial charge >= 0.3 is 12.1 Å². The summed E-state index contributed by atoms with van der Waals surface area (Å²) >= 11 is 0. The molecular weight excluding hydrogens is 284 g/mol. The third-order valence-electron chi connectivity index (χ3n) is 3.44. The Bertz CT molecular complexity index is 605. The fourth-order valence-electron chi connectivity index (χ4n) is 2.40. The second kappa shape index (κ2) is 5.87. The number of ether oxygens (including phenoxy) is 2. The molecule has 0 radical (unpaired) electrons. The Morgan fingerprint density at radius 1 is 1.23 bits per heavy atom. The van der Waals surface area contributed by atoms with Gasteiger partial charge < -0.3 is 20.1 Å². The average Bonchev–Trinajstić information content (AvgIpc) is 2.43. The van der Waals surface area contributed by atoms with E-state index in [9.17, 15) is 9.59 Å². The van der Waals surface area contributed by atoms with Crippen LogP contribution in [0, 0.1) is 0 Å². The van der Waals surface area contributed by atoms with Crippen LogP contribution in [0.25, 0.3) is 0 Å². The van der Waals surface area contributed by atoms with Crippen LogP contribution < -0.4 is 5.73 Å². The van der Waals surface area contributed by atoms with Gasteiger partial charge in [0, 0.05) is 18.8 Å². The standard InChI is InChI=1S/C16H22N2O4/c1-16(2,3)22-15(20)18-6-5-10-8-13(17)12(14(19)21-4)7-11(10)9-18/h7-8H,5-6,9,17H2,1-4H3. The number of amides is 1. The molecule has 120 valence electrons. The van der Waals surface area contributed by atoms with Crippen molar-refractivity contribution in [2.24, 2.45) is 0 Å². The highest BCUT2D eigenvalue weighted by molar-refractivity contribution is 5.95. The molecule has 0 bridgehead atoms. The third-order valence-corrected chi connectivity index (χ3v) is 3.44. The maximum Gasteiger partial charge on any atom is 0.410 e. The maximum atomic E-state index is 12.2. The summed E-state index contributed by atoms with van der Waals surface area (Å²) in [5.74, 6) is -0.477. The fraction of sp³-hybridized carbons (Fsp3) is 0.500. The summed E-state index contributed by atoms with van der Waals surface area (Å²) in [7, 11) is 1.31. The number of methoxy groups -OCH3 is 1. The number of fused-ring (bicyclic) bond motifs is 1. The van der Waals surface area contributed by atoms with Gasteiger partial charge in [-0.15, -0.1) is 0 Å². The monoisotopic (exact) mass is 306 g/mol. The molecule has 1 aromatic carbocycles. The molecule has 1 amide bonds. The van der Waals surface area contributed by atoms with Crippen LogP contribution in [-0.4, -0.2) is 36.2 Å². The first-order valence-corrected chi connectivity index (χ1v) is 7.19. The fourth-order valence-corrected chi connectivity index (χ4v) is 2.40. The summed E-state index contributed by atoms with van der Waals surface area (Å²) in [4.78, 5) is 25.5. The van der Waals surface area contributed by atoms with Gasteiger partial charge in [-0.3, -0.25) is 0 Å². The van der Waals surface area contributed by atoms with Crippen molar-refractivity contribution in [3.63, 3.8) is 0 Å². The van der Waals surface area contributed by atoms with Crippen molar-refractivity contribution in [2.45, 2.75) is 39.3 Å². The summed E-state index contributed by atoms with van der Waals surface area (Å²) in [5, 5.41) is 0. The topological polar surface area (TPSA) is 81.9 Å². The van der Waals surface area contributed by atoms with Gasteiger partial charge in [0.05, 0.1) is 12.7 Å². The zero-order valence-electron chi connectivity index (χ0n) is 13.4. The molecule has 2 N–H and O–H groups in total. The van der Waals surface area contributed by atoms with E-state index in [0.29, 0.717) is 30.8 Å². The first-order chi connectivity index (χ1) is 10.2. The zero-order chi connectivity index (χ0) is 16.5. The van der Waals surface area contributed by atoms with Gasteiger partial charge in [-0.25, -0.2) is 9.59 Å². The van der Waals surface area contributed by atoms with E-state index in [-0.39, 0.29) is 6.09 Å². The Hall–Kier alpha value is -2.24. The number of rotatable bonds is 1. The van der Waals surface area contributed by atoms with Gasteiger partial charge in [-0.05, 0) is 50.5 Å². The average molecular weight is 306 g/mol. The Morgan fingerprint density at radius 2 is 1.91 bits per heavy atom. The molecule has 0 saturated heterocycles. The number of carbonyl (C=O) groups excluding carboxylic acids is 2. The second-order valence-corrected chi connectivity index (χ2v) is 6.35. The number of benzene rings is 1. The lowest BCUT2D eigenvalue weighted by molar-refractivity contribution is 0.0224. The number of nitrogens with two attached hydrogens (primary N) is 1. The predicted octanol–water partition coefficient (Wildman–Crippen LogP) is 2.35. The van der Waals surface area contributed by atoms with Crippen molar-refractivity contribution < 1.29 is 19.1 Å². The van der Waals surface area contributed by atoms with Crippen LogP contribution in [0.5, 0.6) is 0 Å². The number of esters is 1. The van der Waals surface area contributed by atoms with Crippen molar-refractivity contribution in [1.29, 1.82) is 0 Å². The number of nitrogens with zero attached hydrogens (tertiary/aromatic N) is 1. The van der Waals surface area contributed by atoms with Crippen LogP contribution in [0.3, 0.4) is 0 Å². The normalized spacial score (nSPS) is 14.3. The van der Waals surface area contributed by atoms with Crippen molar-refractivity contribution >= 4 is 17.7 Å². The molecule has 0 unspecified atom stereocenters. The predicted molar refractivity (Wildman–Crippen MR) is 82.5 cm³/mol. The van der Waals surface area contributed by atoms with Gasteiger partial charge in [0.2, 0.25) is 0 Å². The lowest BCUT2D eigenvalue weighted by atomic mass is 9.96. The Balaban J connectivity index is 2.22. The first kappa shape index (κ1) is 16.1. The first-order valence-electron chi connectivity index (χ1n) is 7.19. The van der Waals surface area contributed by atoms with Crippen molar-refractivity contribution in [3.8, 4) is 0 Å². The molecular formula is C16H22N2O4. The molecule has 1 aliphatic rings. The van der Waals surface area contributed by atoms with Gasteiger partial charge in [0.25, 0.3) is 0 Å². The van der Waals surface area contributed by atoms with Crippen molar-refractivity contribution in [1.82, 2.24) is 4.90 Å². The van der Waals surface area contributed by atoms with Crippen LogP contribution in [0.15, 0.2) is 12.1 Å². The molecule has 1 heterocycles. The second-order valence-electron chi connectivity index (χ2n) is 6.35.